The van der Waals surface area contributed by atoms with E-state index in [1.54, 1.807) is 29.9 Å². The highest BCUT2D eigenvalue weighted by atomic mass is 32.1. The van der Waals surface area contributed by atoms with Gasteiger partial charge in [-0.3, -0.25) is 4.57 Å². The van der Waals surface area contributed by atoms with Crippen molar-refractivity contribution in [2.45, 2.75) is 0 Å². The summed E-state index contributed by atoms with van der Waals surface area (Å²) >= 11 is 5.27. The van der Waals surface area contributed by atoms with E-state index in [9.17, 15) is 4.39 Å². The summed E-state index contributed by atoms with van der Waals surface area (Å²) in [6.45, 7) is 0. The van der Waals surface area contributed by atoms with Crippen molar-refractivity contribution in [3.8, 4) is 11.4 Å². The van der Waals surface area contributed by atoms with Gasteiger partial charge in [-0.25, -0.2) is 4.39 Å². The number of methoxy groups -OCH3 is 1. The van der Waals surface area contributed by atoms with E-state index in [2.05, 4.69) is 4.98 Å². The van der Waals surface area contributed by atoms with Crippen LogP contribution < -0.4 is 4.74 Å². The van der Waals surface area contributed by atoms with Crippen LogP contribution in [0.15, 0.2) is 42.5 Å². The van der Waals surface area contributed by atoms with Gasteiger partial charge in [-0.05, 0) is 36.5 Å². The second-order valence-electron chi connectivity index (χ2n) is 4.10. The standard InChI is InChI=1S/C14H11FN2OS/c1-18-9-6-7-13-11(8-9)16-14(19)17(13)12-5-3-2-4-10(12)15/h2-8H,1H3,(H,16,19). The van der Waals surface area contributed by atoms with Gasteiger partial charge in [0, 0.05) is 6.07 Å². The number of ether oxygens (including phenoxy) is 1. The quantitative estimate of drug-likeness (QED) is 0.720. The van der Waals surface area contributed by atoms with E-state index >= 15 is 0 Å². The minimum atomic E-state index is -0.310. The van der Waals surface area contributed by atoms with Gasteiger partial charge in [0.1, 0.15) is 11.6 Å². The zero-order valence-corrected chi connectivity index (χ0v) is 11.0. The first-order valence-corrected chi connectivity index (χ1v) is 6.15. The van der Waals surface area contributed by atoms with E-state index in [-0.39, 0.29) is 5.82 Å². The predicted molar refractivity (Wildman–Crippen MR) is 75.0 cm³/mol. The molecule has 0 aliphatic carbocycles. The number of H-pyrrole nitrogens is 1. The first-order chi connectivity index (χ1) is 9.20. The number of halogens is 1. The average molecular weight is 274 g/mol. The summed E-state index contributed by atoms with van der Waals surface area (Å²) in [5, 5.41) is 0. The van der Waals surface area contributed by atoms with E-state index in [0.29, 0.717) is 10.5 Å². The lowest BCUT2D eigenvalue weighted by molar-refractivity contribution is 0.415. The van der Waals surface area contributed by atoms with Crippen molar-refractivity contribution in [3.63, 3.8) is 0 Å². The summed E-state index contributed by atoms with van der Waals surface area (Å²) in [4.78, 5) is 3.06. The SMILES string of the molecule is COc1ccc2c(c1)[nH]c(=S)n2-c1ccccc1F. The molecule has 2 aromatic carbocycles. The van der Waals surface area contributed by atoms with Crippen molar-refractivity contribution in [2.75, 3.05) is 7.11 Å². The van der Waals surface area contributed by atoms with Gasteiger partial charge in [-0.15, -0.1) is 0 Å². The zero-order chi connectivity index (χ0) is 13.4. The summed E-state index contributed by atoms with van der Waals surface area (Å²) in [6.07, 6.45) is 0. The lowest BCUT2D eigenvalue weighted by Crippen LogP contribution is -1.97. The van der Waals surface area contributed by atoms with Crippen molar-refractivity contribution in [3.05, 3.63) is 53.1 Å². The van der Waals surface area contributed by atoms with Crippen LogP contribution in [0.1, 0.15) is 0 Å². The second kappa shape index (κ2) is 4.51. The number of para-hydroxylation sites is 1. The lowest BCUT2D eigenvalue weighted by Gasteiger charge is -2.06. The largest absolute Gasteiger partial charge is 0.497 e. The van der Waals surface area contributed by atoms with Crippen LogP contribution >= 0.6 is 12.2 Å². The molecule has 0 spiro atoms. The molecule has 96 valence electrons. The van der Waals surface area contributed by atoms with Gasteiger partial charge in [0.15, 0.2) is 4.77 Å². The summed E-state index contributed by atoms with van der Waals surface area (Å²) in [5.41, 5.74) is 2.06. The molecule has 0 aliphatic rings. The van der Waals surface area contributed by atoms with E-state index in [4.69, 9.17) is 17.0 Å². The minimum Gasteiger partial charge on any atom is -0.497 e. The molecule has 0 saturated carbocycles. The third-order valence-electron chi connectivity index (χ3n) is 2.98. The van der Waals surface area contributed by atoms with Crippen LogP contribution in [-0.4, -0.2) is 16.7 Å². The normalized spacial score (nSPS) is 10.8. The fourth-order valence-corrected chi connectivity index (χ4v) is 2.40. The Morgan fingerprint density at radius 1 is 1.21 bits per heavy atom. The number of hydrogen-bond acceptors (Lipinski definition) is 2. The summed E-state index contributed by atoms with van der Waals surface area (Å²) in [7, 11) is 1.60. The number of aromatic amines is 1. The van der Waals surface area contributed by atoms with Crippen LogP contribution in [0, 0.1) is 10.6 Å². The molecule has 0 aliphatic heterocycles. The Hall–Kier alpha value is -2.14. The van der Waals surface area contributed by atoms with E-state index in [0.717, 1.165) is 16.8 Å². The van der Waals surface area contributed by atoms with Crippen LogP contribution in [0.5, 0.6) is 5.75 Å². The number of fused-ring (bicyclic) bond motifs is 1. The first kappa shape index (κ1) is 11.9. The molecule has 0 unspecified atom stereocenters. The van der Waals surface area contributed by atoms with Gasteiger partial charge in [0.25, 0.3) is 0 Å². The Balaban J connectivity index is 2.33. The van der Waals surface area contributed by atoms with Gasteiger partial charge in [-0.2, -0.15) is 0 Å². The fraction of sp³-hybridized carbons (Fsp3) is 0.0714. The molecule has 1 heterocycles. The zero-order valence-electron chi connectivity index (χ0n) is 10.2. The van der Waals surface area contributed by atoms with Gasteiger partial charge >= 0.3 is 0 Å². The first-order valence-electron chi connectivity index (χ1n) is 5.74. The van der Waals surface area contributed by atoms with Gasteiger partial charge in [0.05, 0.1) is 23.8 Å². The molecule has 1 aromatic heterocycles. The molecule has 1 N–H and O–H groups in total. The van der Waals surface area contributed by atoms with Crippen molar-refractivity contribution in [1.82, 2.24) is 9.55 Å². The van der Waals surface area contributed by atoms with Gasteiger partial charge < -0.3 is 9.72 Å². The van der Waals surface area contributed by atoms with Crippen molar-refractivity contribution >= 4 is 23.3 Å². The molecule has 0 radical (unpaired) electrons. The monoisotopic (exact) mass is 274 g/mol. The van der Waals surface area contributed by atoms with Gasteiger partial charge in [-0.1, -0.05) is 12.1 Å². The number of nitrogens with zero attached hydrogens (tertiary/aromatic N) is 1. The average Bonchev–Trinajstić information content (AvgIpc) is 2.74. The number of imidazole rings is 1. The Bertz CT molecular complexity index is 807. The third kappa shape index (κ3) is 1.92. The van der Waals surface area contributed by atoms with Crippen molar-refractivity contribution in [1.29, 1.82) is 0 Å². The highest BCUT2D eigenvalue weighted by molar-refractivity contribution is 7.71. The maximum atomic E-state index is 13.9. The maximum Gasteiger partial charge on any atom is 0.182 e. The molecule has 0 atom stereocenters. The molecule has 0 fully saturated rings. The summed E-state index contributed by atoms with van der Waals surface area (Å²) in [5.74, 6) is 0.416. The minimum absolute atomic E-state index is 0.310. The summed E-state index contributed by atoms with van der Waals surface area (Å²) in [6, 6.07) is 12.1. The second-order valence-corrected chi connectivity index (χ2v) is 4.49. The molecular formula is C14H11FN2OS. The van der Waals surface area contributed by atoms with Crippen molar-refractivity contribution < 1.29 is 9.13 Å². The Morgan fingerprint density at radius 3 is 2.74 bits per heavy atom. The molecule has 3 aromatic rings. The maximum absolute atomic E-state index is 13.9. The number of aromatic nitrogens is 2. The molecule has 0 amide bonds. The van der Waals surface area contributed by atoms with Crippen LogP contribution in [0.4, 0.5) is 4.39 Å². The predicted octanol–water partition coefficient (Wildman–Crippen LogP) is 3.84. The highest BCUT2D eigenvalue weighted by Gasteiger charge is 2.10. The van der Waals surface area contributed by atoms with Crippen LogP contribution in [0.25, 0.3) is 16.7 Å². The fourth-order valence-electron chi connectivity index (χ4n) is 2.09. The topological polar surface area (TPSA) is 29.9 Å². The van der Waals surface area contributed by atoms with E-state index in [1.165, 1.54) is 6.07 Å². The van der Waals surface area contributed by atoms with Crippen LogP contribution in [0.2, 0.25) is 0 Å². The van der Waals surface area contributed by atoms with Crippen LogP contribution in [-0.2, 0) is 0 Å². The third-order valence-corrected chi connectivity index (χ3v) is 3.27. The number of nitrogens with one attached hydrogen (secondary N) is 1. The summed E-state index contributed by atoms with van der Waals surface area (Å²) < 4.78 is 21.2. The molecular weight excluding hydrogens is 263 g/mol. The Kier molecular flexibility index (Phi) is 2.83. The van der Waals surface area contributed by atoms with E-state index in [1.807, 2.05) is 18.2 Å². The number of rotatable bonds is 2. The molecule has 19 heavy (non-hydrogen) atoms. The Morgan fingerprint density at radius 2 is 2.00 bits per heavy atom. The molecule has 3 nitrogen and oxygen atoms in total. The smallest absolute Gasteiger partial charge is 0.182 e. The molecule has 0 saturated heterocycles. The molecule has 0 bridgehead atoms. The Labute approximate surface area is 114 Å². The van der Waals surface area contributed by atoms with Crippen LogP contribution in [0.3, 0.4) is 0 Å². The molecule has 5 heteroatoms. The highest BCUT2D eigenvalue weighted by Crippen LogP contribution is 2.24. The lowest BCUT2D eigenvalue weighted by atomic mass is 10.2. The number of benzene rings is 2. The van der Waals surface area contributed by atoms with Gasteiger partial charge in [0.2, 0.25) is 0 Å². The molecule has 3 rings (SSSR count). The number of hydrogen-bond donors (Lipinski definition) is 1. The van der Waals surface area contributed by atoms with E-state index < -0.39 is 0 Å². The van der Waals surface area contributed by atoms with Crippen molar-refractivity contribution in [2.24, 2.45) is 0 Å².